The molecule has 0 unspecified atom stereocenters. The smallest absolute Gasteiger partial charge is 0.214 e. The van der Waals surface area contributed by atoms with Crippen molar-refractivity contribution in [2.24, 2.45) is 7.05 Å². The third kappa shape index (κ3) is 1.60. The van der Waals surface area contributed by atoms with Gasteiger partial charge in [-0.15, -0.1) is 0 Å². The number of aromatic nitrogens is 2. The number of nitrogens with zero attached hydrogens (tertiary/aromatic N) is 2. The van der Waals surface area contributed by atoms with Crippen molar-refractivity contribution in [2.45, 2.75) is 33.8 Å². The first kappa shape index (κ1) is 9.10. The van der Waals surface area contributed by atoms with Gasteiger partial charge in [-0.1, -0.05) is 0 Å². The van der Waals surface area contributed by atoms with Gasteiger partial charge in [-0.3, -0.25) is 0 Å². The van der Waals surface area contributed by atoms with Crippen molar-refractivity contribution in [1.29, 1.82) is 0 Å². The molecular weight excluding hydrogens is 152 g/mol. The topological polar surface area (TPSA) is 27.1 Å². The Hall–Kier alpha value is -0.990. The average molecular weight is 168 g/mol. The van der Waals surface area contributed by atoms with Crippen LogP contribution in [0.4, 0.5) is 0 Å². The highest BCUT2D eigenvalue weighted by Crippen LogP contribution is 2.20. The van der Waals surface area contributed by atoms with E-state index in [0.717, 1.165) is 17.1 Å². The van der Waals surface area contributed by atoms with Gasteiger partial charge in [0, 0.05) is 12.6 Å². The Morgan fingerprint density at radius 3 is 2.25 bits per heavy atom. The van der Waals surface area contributed by atoms with Crippen LogP contribution >= 0.6 is 0 Å². The second kappa shape index (κ2) is 3.17. The molecule has 0 aliphatic carbocycles. The molecule has 0 aliphatic heterocycles. The Morgan fingerprint density at radius 2 is 1.92 bits per heavy atom. The van der Waals surface area contributed by atoms with E-state index in [1.807, 2.05) is 34.7 Å². The Labute approximate surface area is 73.3 Å². The summed E-state index contributed by atoms with van der Waals surface area (Å²) in [4.78, 5) is 0. The lowest BCUT2D eigenvalue weighted by atomic mass is 10.3. The van der Waals surface area contributed by atoms with Crippen LogP contribution in [0, 0.1) is 13.8 Å². The van der Waals surface area contributed by atoms with Gasteiger partial charge >= 0.3 is 0 Å². The summed E-state index contributed by atoms with van der Waals surface area (Å²) in [5.41, 5.74) is 2.17. The summed E-state index contributed by atoms with van der Waals surface area (Å²) in [6, 6.07) is 0. The zero-order valence-corrected chi connectivity index (χ0v) is 8.38. The van der Waals surface area contributed by atoms with Crippen LogP contribution in [0.1, 0.15) is 25.1 Å². The van der Waals surface area contributed by atoms with E-state index < -0.39 is 0 Å². The van der Waals surface area contributed by atoms with Crippen molar-refractivity contribution in [3.8, 4) is 5.88 Å². The molecule has 68 valence electrons. The van der Waals surface area contributed by atoms with Crippen LogP contribution in [-0.4, -0.2) is 15.9 Å². The molecule has 1 aromatic heterocycles. The van der Waals surface area contributed by atoms with Crippen LogP contribution in [0.25, 0.3) is 0 Å². The van der Waals surface area contributed by atoms with Gasteiger partial charge in [0.1, 0.15) is 0 Å². The van der Waals surface area contributed by atoms with Gasteiger partial charge < -0.3 is 4.74 Å². The number of ether oxygens (including phenoxy) is 1. The molecule has 0 saturated heterocycles. The maximum atomic E-state index is 5.60. The van der Waals surface area contributed by atoms with E-state index in [2.05, 4.69) is 5.10 Å². The Kier molecular flexibility index (Phi) is 2.40. The SMILES string of the molecule is Cc1nn(C)c(OC(C)C)c1C. The summed E-state index contributed by atoms with van der Waals surface area (Å²) in [6.07, 6.45) is 0.207. The van der Waals surface area contributed by atoms with Gasteiger partial charge in [0.25, 0.3) is 0 Å². The van der Waals surface area contributed by atoms with E-state index >= 15 is 0 Å². The van der Waals surface area contributed by atoms with Gasteiger partial charge in [-0.25, -0.2) is 4.68 Å². The van der Waals surface area contributed by atoms with E-state index in [1.165, 1.54) is 0 Å². The third-order valence-electron chi connectivity index (χ3n) is 1.80. The van der Waals surface area contributed by atoms with Crippen molar-refractivity contribution in [2.75, 3.05) is 0 Å². The minimum Gasteiger partial charge on any atom is -0.475 e. The van der Waals surface area contributed by atoms with Gasteiger partial charge in [-0.05, 0) is 27.7 Å². The highest BCUT2D eigenvalue weighted by Gasteiger charge is 2.10. The molecule has 0 spiro atoms. The molecule has 0 fully saturated rings. The minimum atomic E-state index is 0.207. The second-order valence-corrected chi connectivity index (χ2v) is 3.31. The van der Waals surface area contributed by atoms with Crippen molar-refractivity contribution in [3.63, 3.8) is 0 Å². The lowest BCUT2D eigenvalue weighted by Crippen LogP contribution is -2.09. The second-order valence-electron chi connectivity index (χ2n) is 3.31. The molecule has 1 rings (SSSR count). The van der Waals surface area contributed by atoms with E-state index in [0.29, 0.717) is 0 Å². The minimum absolute atomic E-state index is 0.207. The molecule has 3 heteroatoms. The first-order valence-corrected chi connectivity index (χ1v) is 4.19. The summed E-state index contributed by atoms with van der Waals surface area (Å²) >= 11 is 0. The molecule has 12 heavy (non-hydrogen) atoms. The van der Waals surface area contributed by atoms with Gasteiger partial charge in [0.2, 0.25) is 5.88 Å². The first-order valence-electron chi connectivity index (χ1n) is 4.19. The van der Waals surface area contributed by atoms with Crippen molar-refractivity contribution < 1.29 is 4.74 Å². The predicted molar refractivity (Wildman–Crippen MR) is 48.4 cm³/mol. The van der Waals surface area contributed by atoms with Crippen LogP contribution in [0.5, 0.6) is 5.88 Å². The van der Waals surface area contributed by atoms with Crippen LogP contribution in [0.15, 0.2) is 0 Å². The van der Waals surface area contributed by atoms with Crippen molar-refractivity contribution in [3.05, 3.63) is 11.3 Å². The summed E-state index contributed by atoms with van der Waals surface area (Å²) in [7, 11) is 1.90. The molecule has 0 bridgehead atoms. The summed E-state index contributed by atoms with van der Waals surface area (Å²) in [5, 5.41) is 4.26. The lowest BCUT2D eigenvalue weighted by Gasteiger charge is -2.09. The maximum absolute atomic E-state index is 5.60. The Balaban J connectivity index is 2.97. The largest absolute Gasteiger partial charge is 0.475 e. The van der Waals surface area contributed by atoms with Crippen molar-refractivity contribution in [1.82, 2.24) is 9.78 Å². The average Bonchev–Trinajstić information content (AvgIpc) is 2.16. The fraction of sp³-hybridized carbons (Fsp3) is 0.667. The summed E-state index contributed by atoms with van der Waals surface area (Å²) in [5.74, 6) is 0.877. The first-order chi connectivity index (χ1) is 5.52. The number of rotatable bonds is 2. The molecule has 0 N–H and O–H groups in total. The van der Waals surface area contributed by atoms with Gasteiger partial charge in [0.05, 0.1) is 11.8 Å². The molecular formula is C9H16N2O. The maximum Gasteiger partial charge on any atom is 0.214 e. The molecule has 0 aliphatic rings. The van der Waals surface area contributed by atoms with Crippen LogP contribution in [0.3, 0.4) is 0 Å². The number of hydrogen-bond acceptors (Lipinski definition) is 2. The fourth-order valence-corrected chi connectivity index (χ4v) is 1.13. The number of hydrogen-bond donors (Lipinski definition) is 0. The highest BCUT2D eigenvalue weighted by atomic mass is 16.5. The van der Waals surface area contributed by atoms with Crippen LogP contribution in [0.2, 0.25) is 0 Å². The Morgan fingerprint density at radius 1 is 1.33 bits per heavy atom. The van der Waals surface area contributed by atoms with E-state index in [4.69, 9.17) is 4.74 Å². The van der Waals surface area contributed by atoms with Crippen molar-refractivity contribution >= 4 is 0 Å². The highest BCUT2D eigenvalue weighted by molar-refractivity contribution is 5.29. The van der Waals surface area contributed by atoms with Crippen LogP contribution in [-0.2, 0) is 7.05 Å². The van der Waals surface area contributed by atoms with Gasteiger partial charge in [-0.2, -0.15) is 5.10 Å². The quantitative estimate of drug-likeness (QED) is 0.673. The fourth-order valence-electron chi connectivity index (χ4n) is 1.13. The molecule has 0 aromatic carbocycles. The van der Waals surface area contributed by atoms with Crippen LogP contribution < -0.4 is 4.74 Å². The third-order valence-corrected chi connectivity index (χ3v) is 1.80. The predicted octanol–water partition coefficient (Wildman–Crippen LogP) is 1.82. The lowest BCUT2D eigenvalue weighted by molar-refractivity contribution is 0.220. The normalized spacial score (nSPS) is 10.8. The molecule has 0 atom stereocenters. The van der Waals surface area contributed by atoms with E-state index in [-0.39, 0.29) is 6.10 Å². The molecule has 0 radical (unpaired) electrons. The molecule has 1 aromatic rings. The monoisotopic (exact) mass is 168 g/mol. The number of aryl methyl sites for hydroxylation is 2. The zero-order valence-electron chi connectivity index (χ0n) is 8.38. The molecule has 3 nitrogen and oxygen atoms in total. The van der Waals surface area contributed by atoms with E-state index in [9.17, 15) is 0 Å². The summed E-state index contributed by atoms with van der Waals surface area (Å²) in [6.45, 7) is 8.05. The standard InChI is InChI=1S/C9H16N2O/c1-6(2)12-9-7(3)8(4)10-11(9)5/h6H,1-5H3. The van der Waals surface area contributed by atoms with Gasteiger partial charge in [0.15, 0.2) is 0 Å². The summed E-state index contributed by atoms with van der Waals surface area (Å²) < 4.78 is 7.38. The Bertz CT molecular complexity index is 276. The molecule has 0 saturated carbocycles. The molecule has 0 amide bonds. The van der Waals surface area contributed by atoms with E-state index in [1.54, 1.807) is 4.68 Å². The zero-order chi connectivity index (χ0) is 9.30. The molecule has 1 heterocycles.